The van der Waals surface area contributed by atoms with Crippen LogP contribution in [-0.4, -0.2) is 30.1 Å². The van der Waals surface area contributed by atoms with Crippen LogP contribution in [0.1, 0.15) is 15.9 Å². The molecule has 100 valence electrons. The van der Waals surface area contributed by atoms with Crippen molar-refractivity contribution in [2.24, 2.45) is 0 Å². The summed E-state index contributed by atoms with van der Waals surface area (Å²) in [7, 11) is 3.21. The predicted molar refractivity (Wildman–Crippen MR) is 74.8 cm³/mol. The Morgan fingerprint density at radius 2 is 2.21 bits per heavy atom. The molecule has 0 aliphatic carbocycles. The molecule has 0 bridgehead atoms. The van der Waals surface area contributed by atoms with Gasteiger partial charge in [0.15, 0.2) is 11.5 Å². The van der Waals surface area contributed by atoms with Crippen molar-refractivity contribution in [2.45, 2.75) is 6.54 Å². The molecule has 0 unspecified atom stereocenters. The van der Waals surface area contributed by atoms with Crippen molar-refractivity contribution >= 4 is 17.2 Å². The number of carbonyl (C=O) groups excluding carboxylic acids is 1. The summed E-state index contributed by atoms with van der Waals surface area (Å²) in [5, 5.41) is 13.7. The molecular formula is C14H15NO3S. The van der Waals surface area contributed by atoms with Crippen LogP contribution >= 0.6 is 11.3 Å². The number of hydrogen-bond acceptors (Lipinski definition) is 4. The summed E-state index contributed by atoms with van der Waals surface area (Å²) in [5.41, 5.74) is 1.54. The lowest BCUT2D eigenvalue weighted by Crippen LogP contribution is -2.25. The second-order valence-electron chi connectivity index (χ2n) is 4.18. The van der Waals surface area contributed by atoms with Crippen molar-refractivity contribution in [3.63, 3.8) is 0 Å². The van der Waals surface area contributed by atoms with E-state index in [1.807, 2.05) is 16.8 Å². The van der Waals surface area contributed by atoms with E-state index in [9.17, 15) is 9.90 Å². The van der Waals surface area contributed by atoms with Gasteiger partial charge < -0.3 is 14.7 Å². The highest BCUT2D eigenvalue weighted by molar-refractivity contribution is 7.07. The van der Waals surface area contributed by atoms with Crippen LogP contribution in [-0.2, 0) is 6.54 Å². The number of thiophene rings is 1. The molecule has 19 heavy (non-hydrogen) atoms. The van der Waals surface area contributed by atoms with Gasteiger partial charge in [0.1, 0.15) is 0 Å². The lowest BCUT2D eigenvalue weighted by molar-refractivity contribution is 0.0785. The fourth-order valence-electron chi connectivity index (χ4n) is 1.77. The highest BCUT2D eigenvalue weighted by Crippen LogP contribution is 2.26. The van der Waals surface area contributed by atoms with Crippen molar-refractivity contribution in [2.75, 3.05) is 14.2 Å². The van der Waals surface area contributed by atoms with Gasteiger partial charge in [-0.05, 0) is 40.6 Å². The number of ether oxygens (including phenoxy) is 1. The van der Waals surface area contributed by atoms with Crippen LogP contribution in [0.3, 0.4) is 0 Å². The van der Waals surface area contributed by atoms with E-state index < -0.39 is 0 Å². The third kappa shape index (κ3) is 3.06. The van der Waals surface area contributed by atoms with Crippen molar-refractivity contribution in [1.82, 2.24) is 4.90 Å². The molecule has 0 spiro atoms. The van der Waals surface area contributed by atoms with Gasteiger partial charge in [-0.15, -0.1) is 0 Å². The Labute approximate surface area is 115 Å². The van der Waals surface area contributed by atoms with Gasteiger partial charge in [0.2, 0.25) is 0 Å². The highest BCUT2D eigenvalue weighted by atomic mass is 32.1. The standard InChI is InChI=1S/C14H15NO3S/c1-15(8-10-5-6-19-9-10)14(17)11-3-4-13(18-2)12(16)7-11/h3-7,9,16H,8H2,1-2H3. The average Bonchev–Trinajstić information content (AvgIpc) is 2.90. The Kier molecular flexibility index (Phi) is 4.06. The first-order valence-electron chi connectivity index (χ1n) is 5.75. The van der Waals surface area contributed by atoms with Crippen LogP contribution in [0, 0.1) is 0 Å². The van der Waals surface area contributed by atoms with Gasteiger partial charge in [-0.2, -0.15) is 11.3 Å². The zero-order valence-electron chi connectivity index (χ0n) is 10.8. The number of phenolic OH excluding ortho intramolecular Hbond substituents is 1. The number of hydrogen-bond donors (Lipinski definition) is 1. The molecule has 0 aliphatic rings. The zero-order chi connectivity index (χ0) is 13.8. The van der Waals surface area contributed by atoms with Crippen LogP contribution in [0.4, 0.5) is 0 Å². The summed E-state index contributed by atoms with van der Waals surface area (Å²) in [5.74, 6) is 0.193. The molecule has 0 aliphatic heterocycles. The lowest BCUT2D eigenvalue weighted by Gasteiger charge is -2.17. The molecular weight excluding hydrogens is 262 g/mol. The Morgan fingerprint density at radius 1 is 1.42 bits per heavy atom. The molecule has 1 N–H and O–H groups in total. The maximum atomic E-state index is 12.2. The number of benzene rings is 1. The molecule has 4 nitrogen and oxygen atoms in total. The first-order valence-corrected chi connectivity index (χ1v) is 6.69. The fourth-order valence-corrected chi connectivity index (χ4v) is 2.43. The number of phenols is 1. The summed E-state index contributed by atoms with van der Waals surface area (Å²) in [6, 6.07) is 6.64. The van der Waals surface area contributed by atoms with Gasteiger partial charge in [0.25, 0.3) is 5.91 Å². The maximum absolute atomic E-state index is 12.2. The maximum Gasteiger partial charge on any atom is 0.254 e. The largest absolute Gasteiger partial charge is 0.504 e. The molecule has 0 saturated carbocycles. The summed E-state index contributed by atoms with van der Waals surface area (Å²) in [6.07, 6.45) is 0. The normalized spacial score (nSPS) is 10.2. The monoisotopic (exact) mass is 277 g/mol. The minimum Gasteiger partial charge on any atom is -0.504 e. The molecule has 2 rings (SSSR count). The van der Waals surface area contributed by atoms with Crippen LogP contribution in [0.15, 0.2) is 35.0 Å². The highest BCUT2D eigenvalue weighted by Gasteiger charge is 2.14. The van der Waals surface area contributed by atoms with Gasteiger partial charge in [0.05, 0.1) is 7.11 Å². The molecule has 0 radical (unpaired) electrons. The molecule has 0 fully saturated rings. The first kappa shape index (κ1) is 13.4. The topological polar surface area (TPSA) is 49.8 Å². The van der Waals surface area contributed by atoms with E-state index in [4.69, 9.17) is 4.74 Å². The van der Waals surface area contributed by atoms with Crippen LogP contribution < -0.4 is 4.74 Å². The van der Waals surface area contributed by atoms with Crippen molar-refractivity contribution < 1.29 is 14.6 Å². The van der Waals surface area contributed by atoms with Crippen molar-refractivity contribution in [1.29, 1.82) is 0 Å². The van der Waals surface area contributed by atoms with Gasteiger partial charge >= 0.3 is 0 Å². The third-order valence-electron chi connectivity index (χ3n) is 2.77. The van der Waals surface area contributed by atoms with E-state index in [1.54, 1.807) is 35.4 Å². The predicted octanol–water partition coefficient (Wildman–Crippen LogP) is 2.73. The van der Waals surface area contributed by atoms with E-state index in [0.29, 0.717) is 17.9 Å². The number of nitrogens with zero attached hydrogens (tertiary/aromatic N) is 1. The second-order valence-corrected chi connectivity index (χ2v) is 4.96. The van der Waals surface area contributed by atoms with E-state index >= 15 is 0 Å². The molecule has 1 aromatic carbocycles. The summed E-state index contributed by atoms with van der Waals surface area (Å²) in [4.78, 5) is 13.8. The zero-order valence-corrected chi connectivity index (χ0v) is 11.6. The first-order chi connectivity index (χ1) is 9.11. The van der Waals surface area contributed by atoms with Crippen LogP contribution in [0.2, 0.25) is 0 Å². The minimum absolute atomic E-state index is 0.0303. The second kappa shape index (κ2) is 5.75. The molecule has 0 saturated heterocycles. The van der Waals surface area contributed by atoms with Gasteiger partial charge in [0, 0.05) is 19.2 Å². The molecule has 1 amide bonds. The van der Waals surface area contributed by atoms with Crippen molar-refractivity contribution in [3.05, 3.63) is 46.2 Å². The third-order valence-corrected chi connectivity index (χ3v) is 3.50. The Hall–Kier alpha value is -2.01. The van der Waals surface area contributed by atoms with Crippen LogP contribution in [0.25, 0.3) is 0 Å². The minimum atomic E-state index is -0.135. The number of aromatic hydroxyl groups is 1. The average molecular weight is 277 g/mol. The number of rotatable bonds is 4. The quantitative estimate of drug-likeness (QED) is 0.935. The Morgan fingerprint density at radius 3 is 2.79 bits per heavy atom. The van der Waals surface area contributed by atoms with E-state index in [0.717, 1.165) is 5.56 Å². The summed E-state index contributed by atoms with van der Waals surface area (Å²) >= 11 is 1.60. The molecule has 0 atom stereocenters. The SMILES string of the molecule is COc1ccc(C(=O)N(C)Cc2ccsc2)cc1O. The number of carbonyl (C=O) groups is 1. The number of methoxy groups -OCH3 is 1. The van der Waals surface area contributed by atoms with Gasteiger partial charge in [-0.25, -0.2) is 0 Å². The molecule has 1 aromatic heterocycles. The lowest BCUT2D eigenvalue weighted by atomic mass is 10.1. The smallest absolute Gasteiger partial charge is 0.254 e. The van der Waals surface area contributed by atoms with E-state index in [-0.39, 0.29) is 11.7 Å². The van der Waals surface area contributed by atoms with Gasteiger partial charge in [-0.1, -0.05) is 0 Å². The number of amides is 1. The van der Waals surface area contributed by atoms with Crippen LogP contribution in [0.5, 0.6) is 11.5 Å². The molecule has 2 aromatic rings. The molecule has 5 heteroatoms. The van der Waals surface area contributed by atoms with Crippen molar-refractivity contribution in [3.8, 4) is 11.5 Å². The molecule has 1 heterocycles. The van der Waals surface area contributed by atoms with E-state index in [1.165, 1.54) is 13.2 Å². The Bertz CT molecular complexity index is 566. The fraction of sp³-hybridized carbons (Fsp3) is 0.214. The van der Waals surface area contributed by atoms with E-state index in [2.05, 4.69) is 0 Å². The Balaban J connectivity index is 2.12. The summed E-state index contributed by atoms with van der Waals surface area (Å²) < 4.78 is 4.95. The van der Waals surface area contributed by atoms with Gasteiger partial charge in [-0.3, -0.25) is 4.79 Å². The summed E-state index contributed by atoms with van der Waals surface area (Å²) in [6.45, 7) is 0.551.